The molecule has 2 aromatic rings. The zero-order valence-corrected chi connectivity index (χ0v) is 10.3. The van der Waals surface area contributed by atoms with E-state index in [0.717, 1.165) is 24.1 Å². The van der Waals surface area contributed by atoms with Crippen LogP contribution in [0.1, 0.15) is 35.2 Å². The van der Waals surface area contributed by atoms with E-state index in [-0.39, 0.29) is 11.9 Å². The second-order valence-electron chi connectivity index (χ2n) is 4.60. The number of pyridine rings is 1. The van der Waals surface area contributed by atoms with E-state index < -0.39 is 5.97 Å². The average Bonchev–Trinajstić information content (AvgIpc) is 2.81. The fraction of sp³-hybridized carbons (Fsp3) is 0.308. The van der Waals surface area contributed by atoms with Gasteiger partial charge in [-0.25, -0.2) is 9.78 Å². The van der Waals surface area contributed by atoms with Crippen LogP contribution in [0.25, 0.3) is 11.4 Å². The van der Waals surface area contributed by atoms with Gasteiger partial charge in [0.2, 0.25) is 0 Å². The van der Waals surface area contributed by atoms with Crippen molar-refractivity contribution in [2.45, 2.75) is 25.4 Å². The van der Waals surface area contributed by atoms with Crippen molar-refractivity contribution in [2.75, 3.05) is 0 Å². The lowest BCUT2D eigenvalue weighted by Gasteiger charge is -2.24. The molecular formula is C13H14N4O2. The first-order valence-electron chi connectivity index (χ1n) is 6.19. The molecule has 0 saturated carbocycles. The van der Waals surface area contributed by atoms with Gasteiger partial charge >= 0.3 is 5.97 Å². The Morgan fingerprint density at radius 3 is 2.84 bits per heavy atom. The van der Waals surface area contributed by atoms with E-state index in [1.807, 2.05) is 16.7 Å². The van der Waals surface area contributed by atoms with Crippen LogP contribution in [0.2, 0.25) is 0 Å². The summed E-state index contributed by atoms with van der Waals surface area (Å²) in [6, 6.07) is 3.62. The molecule has 2 aromatic heterocycles. The molecule has 0 aromatic carbocycles. The largest absolute Gasteiger partial charge is 0.476 e. The summed E-state index contributed by atoms with van der Waals surface area (Å²) in [5, 5.41) is 9.26. The van der Waals surface area contributed by atoms with Crippen molar-refractivity contribution in [3.63, 3.8) is 0 Å². The van der Waals surface area contributed by atoms with Gasteiger partial charge in [0, 0.05) is 18.0 Å². The number of hydrogen-bond donors (Lipinski definition) is 2. The number of nitrogens with zero attached hydrogens (tertiary/aromatic N) is 3. The highest BCUT2D eigenvalue weighted by atomic mass is 16.4. The minimum atomic E-state index is -1.00. The second kappa shape index (κ2) is 4.47. The number of nitrogens with two attached hydrogens (primary N) is 1. The lowest BCUT2D eigenvalue weighted by molar-refractivity contribution is 0.0689. The maximum atomic E-state index is 11.3. The lowest BCUT2D eigenvalue weighted by atomic mass is 10.1. The summed E-state index contributed by atoms with van der Waals surface area (Å²) in [6.07, 6.45) is 5.53. The molecule has 0 fully saturated rings. The van der Waals surface area contributed by atoms with Crippen molar-refractivity contribution in [2.24, 2.45) is 5.73 Å². The molecule has 1 unspecified atom stereocenters. The van der Waals surface area contributed by atoms with Crippen molar-refractivity contribution >= 4 is 5.97 Å². The average molecular weight is 258 g/mol. The molecule has 0 aliphatic carbocycles. The van der Waals surface area contributed by atoms with E-state index in [1.54, 1.807) is 12.4 Å². The highest BCUT2D eigenvalue weighted by molar-refractivity contribution is 5.88. The molecule has 19 heavy (non-hydrogen) atoms. The van der Waals surface area contributed by atoms with Crippen LogP contribution in [-0.2, 0) is 6.42 Å². The number of aromatic carboxylic acids is 1. The monoisotopic (exact) mass is 258 g/mol. The Kier molecular flexibility index (Phi) is 2.79. The maximum absolute atomic E-state index is 11.3. The summed E-state index contributed by atoms with van der Waals surface area (Å²) in [5.74, 6) is -0.389. The Morgan fingerprint density at radius 1 is 1.42 bits per heavy atom. The van der Waals surface area contributed by atoms with Crippen molar-refractivity contribution in [1.29, 1.82) is 0 Å². The Morgan fingerprint density at radius 2 is 2.16 bits per heavy atom. The highest BCUT2D eigenvalue weighted by Gasteiger charge is 2.28. The molecule has 0 bridgehead atoms. The van der Waals surface area contributed by atoms with Gasteiger partial charge in [0.1, 0.15) is 5.82 Å². The number of carbonyl (C=O) groups is 1. The number of imidazole rings is 1. The number of carboxylic acid groups (broad SMARTS) is 1. The molecule has 0 radical (unpaired) electrons. The first-order chi connectivity index (χ1) is 9.18. The van der Waals surface area contributed by atoms with Crippen LogP contribution in [0.4, 0.5) is 0 Å². The molecule has 1 atom stereocenters. The van der Waals surface area contributed by atoms with Crippen LogP contribution in [0.3, 0.4) is 0 Å². The standard InChI is InChI=1S/C13H14N4O2/c14-10-3-1-2-9-11(13(18)19)16-12(17(9)10)8-4-6-15-7-5-8/h4-7,10H,1-3,14H2,(H,18,19). The Labute approximate surface area is 109 Å². The summed E-state index contributed by atoms with van der Waals surface area (Å²) < 4.78 is 1.85. The van der Waals surface area contributed by atoms with Gasteiger partial charge in [0.05, 0.1) is 11.9 Å². The summed E-state index contributed by atoms with van der Waals surface area (Å²) >= 11 is 0. The highest BCUT2D eigenvalue weighted by Crippen LogP contribution is 2.31. The number of hydrogen-bond acceptors (Lipinski definition) is 4. The van der Waals surface area contributed by atoms with Crippen molar-refractivity contribution in [3.8, 4) is 11.4 Å². The first kappa shape index (κ1) is 11.9. The fourth-order valence-electron chi connectivity index (χ4n) is 2.55. The smallest absolute Gasteiger partial charge is 0.356 e. The molecule has 0 spiro atoms. The van der Waals surface area contributed by atoms with Gasteiger partial charge in [-0.3, -0.25) is 4.98 Å². The minimum Gasteiger partial charge on any atom is -0.476 e. The molecule has 98 valence electrons. The molecule has 1 aliphatic rings. The van der Waals surface area contributed by atoms with Crippen LogP contribution in [0, 0.1) is 0 Å². The number of rotatable bonds is 2. The van der Waals surface area contributed by atoms with Crippen LogP contribution in [0.15, 0.2) is 24.5 Å². The van der Waals surface area contributed by atoms with E-state index in [0.29, 0.717) is 12.2 Å². The molecule has 6 heteroatoms. The zero-order valence-electron chi connectivity index (χ0n) is 10.3. The van der Waals surface area contributed by atoms with Crippen molar-refractivity contribution < 1.29 is 9.90 Å². The minimum absolute atomic E-state index is 0.113. The molecule has 0 amide bonds. The SMILES string of the molecule is NC1CCCc2c(C(=O)O)nc(-c3ccncc3)n21. The van der Waals surface area contributed by atoms with Gasteiger partial charge in [-0.15, -0.1) is 0 Å². The van der Waals surface area contributed by atoms with Gasteiger partial charge in [-0.1, -0.05) is 0 Å². The van der Waals surface area contributed by atoms with Gasteiger partial charge < -0.3 is 15.4 Å². The fourth-order valence-corrected chi connectivity index (χ4v) is 2.55. The topological polar surface area (TPSA) is 94.0 Å². The quantitative estimate of drug-likeness (QED) is 0.850. The summed E-state index contributed by atoms with van der Waals surface area (Å²) in [7, 11) is 0. The van der Waals surface area contributed by atoms with E-state index in [2.05, 4.69) is 9.97 Å². The molecule has 3 rings (SSSR count). The Bertz CT molecular complexity index is 621. The van der Waals surface area contributed by atoms with Crippen LogP contribution in [-0.4, -0.2) is 25.6 Å². The van der Waals surface area contributed by atoms with Gasteiger partial charge in [0.25, 0.3) is 0 Å². The van der Waals surface area contributed by atoms with Crippen LogP contribution < -0.4 is 5.73 Å². The van der Waals surface area contributed by atoms with Crippen LogP contribution >= 0.6 is 0 Å². The van der Waals surface area contributed by atoms with Gasteiger partial charge in [-0.2, -0.15) is 0 Å². The van der Waals surface area contributed by atoms with E-state index >= 15 is 0 Å². The maximum Gasteiger partial charge on any atom is 0.356 e. The van der Waals surface area contributed by atoms with E-state index in [1.165, 1.54) is 0 Å². The van der Waals surface area contributed by atoms with Crippen LogP contribution in [0.5, 0.6) is 0 Å². The third-order valence-electron chi connectivity index (χ3n) is 3.40. The molecular weight excluding hydrogens is 244 g/mol. The van der Waals surface area contributed by atoms with Gasteiger partial charge in [-0.05, 0) is 31.4 Å². The molecule has 3 N–H and O–H groups in total. The number of carboxylic acids is 1. The molecule has 1 aliphatic heterocycles. The zero-order chi connectivity index (χ0) is 13.4. The number of aromatic nitrogens is 3. The van der Waals surface area contributed by atoms with Gasteiger partial charge in [0.15, 0.2) is 5.69 Å². The first-order valence-corrected chi connectivity index (χ1v) is 6.19. The lowest BCUT2D eigenvalue weighted by Crippen LogP contribution is -2.26. The molecule has 3 heterocycles. The predicted molar refractivity (Wildman–Crippen MR) is 68.6 cm³/mol. The molecule has 0 saturated heterocycles. The predicted octanol–water partition coefficient (Wildman–Crippen LogP) is 1.44. The summed E-state index contributed by atoms with van der Waals surface area (Å²) in [5.41, 5.74) is 7.78. The Balaban J connectivity index is 2.23. The summed E-state index contributed by atoms with van der Waals surface area (Å²) in [4.78, 5) is 19.5. The second-order valence-corrected chi connectivity index (χ2v) is 4.60. The van der Waals surface area contributed by atoms with Crippen molar-refractivity contribution in [1.82, 2.24) is 14.5 Å². The van der Waals surface area contributed by atoms with E-state index in [4.69, 9.17) is 5.73 Å². The third-order valence-corrected chi connectivity index (χ3v) is 3.40. The van der Waals surface area contributed by atoms with E-state index in [9.17, 15) is 9.90 Å². The number of fused-ring (bicyclic) bond motifs is 1. The molecule has 6 nitrogen and oxygen atoms in total. The van der Waals surface area contributed by atoms with Crippen molar-refractivity contribution in [3.05, 3.63) is 35.9 Å². The normalized spacial score (nSPS) is 18.1. The Hall–Kier alpha value is -2.21. The third kappa shape index (κ3) is 1.90. The summed E-state index contributed by atoms with van der Waals surface area (Å²) in [6.45, 7) is 0.